The maximum absolute atomic E-state index is 12.9. The van der Waals surface area contributed by atoms with E-state index in [4.69, 9.17) is 4.74 Å². The van der Waals surface area contributed by atoms with Crippen molar-refractivity contribution in [3.63, 3.8) is 0 Å². The van der Waals surface area contributed by atoms with E-state index >= 15 is 0 Å². The van der Waals surface area contributed by atoms with Gasteiger partial charge in [0.2, 0.25) is 5.91 Å². The minimum absolute atomic E-state index is 0.00367. The van der Waals surface area contributed by atoms with Gasteiger partial charge in [-0.25, -0.2) is 0 Å². The van der Waals surface area contributed by atoms with Crippen molar-refractivity contribution in [3.8, 4) is 11.5 Å². The summed E-state index contributed by atoms with van der Waals surface area (Å²) < 4.78 is 5.84. The van der Waals surface area contributed by atoms with E-state index in [2.05, 4.69) is 13.2 Å². The van der Waals surface area contributed by atoms with E-state index in [0.717, 1.165) is 23.5 Å². The third-order valence-corrected chi connectivity index (χ3v) is 4.80. The van der Waals surface area contributed by atoms with Crippen LogP contribution in [0, 0.1) is 5.92 Å². The van der Waals surface area contributed by atoms with Gasteiger partial charge in [-0.3, -0.25) is 4.79 Å². The van der Waals surface area contributed by atoms with Crippen molar-refractivity contribution < 1.29 is 9.53 Å². The summed E-state index contributed by atoms with van der Waals surface area (Å²) in [6, 6.07) is 17.5. The molecule has 2 aromatic carbocycles. The number of para-hydroxylation sites is 1. The van der Waals surface area contributed by atoms with Crippen LogP contribution in [0.25, 0.3) is 0 Å². The van der Waals surface area contributed by atoms with E-state index in [9.17, 15) is 4.79 Å². The molecule has 0 spiro atoms. The molecule has 2 unspecified atom stereocenters. The molecule has 0 aliphatic rings. The maximum atomic E-state index is 12.9. The number of hydrogen-bond acceptors (Lipinski definition) is 2. The second-order valence-electron chi connectivity index (χ2n) is 6.70. The average Bonchev–Trinajstić information content (AvgIpc) is 2.69. The lowest BCUT2D eigenvalue weighted by molar-refractivity contribution is -0.129. The first-order valence-electron chi connectivity index (χ1n) is 9.41. The third-order valence-electron chi connectivity index (χ3n) is 4.80. The van der Waals surface area contributed by atoms with Crippen LogP contribution in [-0.4, -0.2) is 17.4 Å². The lowest BCUT2D eigenvalue weighted by Gasteiger charge is -2.30. The summed E-state index contributed by atoms with van der Waals surface area (Å²) >= 11 is 0. The Morgan fingerprint density at radius 1 is 1.07 bits per heavy atom. The van der Waals surface area contributed by atoms with Gasteiger partial charge in [0.15, 0.2) is 0 Å². The van der Waals surface area contributed by atoms with Crippen molar-refractivity contribution in [2.24, 2.45) is 5.92 Å². The fourth-order valence-electron chi connectivity index (χ4n) is 3.00. The van der Waals surface area contributed by atoms with Crippen molar-refractivity contribution in [2.75, 3.05) is 6.54 Å². The normalized spacial score (nSPS) is 12.7. The van der Waals surface area contributed by atoms with Gasteiger partial charge >= 0.3 is 0 Å². The molecule has 1 amide bonds. The zero-order valence-electron chi connectivity index (χ0n) is 16.5. The first kappa shape index (κ1) is 20.5. The highest BCUT2D eigenvalue weighted by atomic mass is 16.5. The molecule has 3 heteroatoms. The number of rotatable bonds is 9. The van der Waals surface area contributed by atoms with Crippen molar-refractivity contribution in [1.82, 2.24) is 4.90 Å². The van der Waals surface area contributed by atoms with Crippen LogP contribution in [0.3, 0.4) is 0 Å². The minimum atomic E-state index is -0.0408. The van der Waals surface area contributed by atoms with E-state index in [0.29, 0.717) is 12.1 Å². The van der Waals surface area contributed by atoms with Gasteiger partial charge in [0.05, 0.1) is 6.04 Å². The summed E-state index contributed by atoms with van der Waals surface area (Å²) in [6.07, 6.45) is 2.58. The molecule has 0 saturated heterocycles. The van der Waals surface area contributed by atoms with Gasteiger partial charge in [0.1, 0.15) is 11.5 Å². The van der Waals surface area contributed by atoms with E-state index in [1.54, 1.807) is 0 Å². The molecule has 0 N–H and O–H groups in total. The molecule has 3 nitrogen and oxygen atoms in total. The Balaban J connectivity index is 2.10. The zero-order chi connectivity index (χ0) is 19.8. The Labute approximate surface area is 163 Å². The Hall–Kier alpha value is -2.81. The molecule has 0 heterocycles. The van der Waals surface area contributed by atoms with Crippen LogP contribution in [0.15, 0.2) is 79.4 Å². The largest absolute Gasteiger partial charge is 0.457 e. The van der Waals surface area contributed by atoms with Gasteiger partial charge < -0.3 is 9.64 Å². The maximum Gasteiger partial charge on any atom is 0.249 e. The van der Waals surface area contributed by atoms with Crippen LogP contribution in [0.5, 0.6) is 11.5 Å². The van der Waals surface area contributed by atoms with Crippen molar-refractivity contribution >= 4 is 5.91 Å². The topological polar surface area (TPSA) is 29.5 Å². The second kappa shape index (κ2) is 9.77. The van der Waals surface area contributed by atoms with Crippen LogP contribution in [0.1, 0.15) is 38.8 Å². The van der Waals surface area contributed by atoms with Crippen molar-refractivity contribution in [1.29, 1.82) is 0 Å². The highest BCUT2D eigenvalue weighted by molar-refractivity contribution is 5.93. The number of nitrogens with zero attached hydrogens (tertiary/aromatic N) is 1. The van der Waals surface area contributed by atoms with Crippen molar-refractivity contribution in [2.45, 2.75) is 33.2 Å². The fraction of sp³-hybridized carbons (Fsp3) is 0.292. The first-order valence-corrected chi connectivity index (χ1v) is 9.41. The summed E-state index contributed by atoms with van der Waals surface area (Å²) in [7, 11) is 0. The first-order chi connectivity index (χ1) is 13.0. The fourth-order valence-corrected chi connectivity index (χ4v) is 3.00. The standard InChI is InChI=1S/C24H29NO2/c1-6-11-18(3)19(4)24(26)25(7-2)20(5)21-14-16-23(17-15-21)27-22-12-9-8-10-13-22/h6,8-10,12-18,20H,1,4,7,11H2,2-3,5H3. The minimum Gasteiger partial charge on any atom is -0.457 e. The van der Waals surface area contributed by atoms with E-state index in [1.165, 1.54) is 0 Å². The molecule has 0 aliphatic carbocycles. The highest BCUT2D eigenvalue weighted by Gasteiger charge is 2.24. The number of benzene rings is 2. The summed E-state index contributed by atoms with van der Waals surface area (Å²) in [5.41, 5.74) is 1.70. The zero-order valence-corrected chi connectivity index (χ0v) is 16.5. The molecule has 0 aliphatic heterocycles. The van der Waals surface area contributed by atoms with Crippen LogP contribution >= 0.6 is 0 Å². The van der Waals surface area contributed by atoms with Gasteiger partial charge in [0.25, 0.3) is 0 Å². The monoisotopic (exact) mass is 363 g/mol. The van der Waals surface area contributed by atoms with Crippen molar-refractivity contribution in [3.05, 3.63) is 85.0 Å². The van der Waals surface area contributed by atoms with Crippen LogP contribution < -0.4 is 4.74 Å². The summed E-state index contributed by atoms with van der Waals surface area (Å²) in [5.74, 6) is 1.67. The second-order valence-corrected chi connectivity index (χ2v) is 6.70. The number of allylic oxidation sites excluding steroid dienone is 1. The van der Waals surface area contributed by atoms with Crippen LogP contribution in [0.2, 0.25) is 0 Å². The number of hydrogen-bond donors (Lipinski definition) is 0. The number of likely N-dealkylation sites (N-methyl/N-ethyl adjacent to an activating group) is 1. The van der Waals surface area contributed by atoms with E-state index in [1.807, 2.05) is 86.3 Å². The summed E-state index contributed by atoms with van der Waals surface area (Å²) in [5, 5.41) is 0. The highest BCUT2D eigenvalue weighted by Crippen LogP contribution is 2.27. The predicted molar refractivity (Wildman–Crippen MR) is 112 cm³/mol. The van der Waals surface area contributed by atoms with Crippen LogP contribution in [0.4, 0.5) is 0 Å². The smallest absolute Gasteiger partial charge is 0.249 e. The van der Waals surface area contributed by atoms with E-state index < -0.39 is 0 Å². The molecule has 0 bridgehead atoms. The third kappa shape index (κ3) is 5.33. The number of amides is 1. The number of carbonyl (C=O) groups is 1. The van der Waals surface area contributed by atoms with Gasteiger partial charge in [-0.05, 0) is 56.0 Å². The lowest BCUT2D eigenvalue weighted by Crippen LogP contribution is -2.35. The number of ether oxygens (including phenoxy) is 1. The Bertz CT molecular complexity index is 765. The molecular formula is C24H29NO2. The molecule has 0 radical (unpaired) electrons. The van der Waals surface area contributed by atoms with E-state index in [-0.39, 0.29) is 17.9 Å². The SMILES string of the molecule is C=CCC(C)C(=C)C(=O)N(CC)C(C)c1ccc(Oc2ccccc2)cc1. The molecule has 2 atom stereocenters. The summed E-state index contributed by atoms with van der Waals surface area (Å²) in [4.78, 5) is 14.7. The Kier molecular flexibility index (Phi) is 7.42. The molecule has 142 valence electrons. The molecule has 0 saturated carbocycles. The molecule has 27 heavy (non-hydrogen) atoms. The lowest BCUT2D eigenvalue weighted by atomic mass is 9.96. The quantitative estimate of drug-likeness (QED) is 0.394. The molecule has 2 rings (SSSR count). The Morgan fingerprint density at radius 3 is 2.22 bits per heavy atom. The molecule has 2 aromatic rings. The van der Waals surface area contributed by atoms with Crippen LogP contribution in [-0.2, 0) is 4.79 Å². The Morgan fingerprint density at radius 2 is 1.67 bits per heavy atom. The predicted octanol–water partition coefficient (Wildman–Crippen LogP) is 6.16. The molecule has 0 fully saturated rings. The van der Waals surface area contributed by atoms with Gasteiger partial charge in [-0.15, -0.1) is 6.58 Å². The molecule has 0 aromatic heterocycles. The van der Waals surface area contributed by atoms with Gasteiger partial charge in [-0.2, -0.15) is 0 Å². The number of carbonyl (C=O) groups excluding carboxylic acids is 1. The van der Waals surface area contributed by atoms with Gasteiger partial charge in [-0.1, -0.05) is 49.9 Å². The average molecular weight is 364 g/mol. The summed E-state index contributed by atoms with van der Waals surface area (Å²) in [6.45, 7) is 14.4. The van der Waals surface area contributed by atoms with Gasteiger partial charge in [0, 0.05) is 12.1 Å². The molecular weight excluding hydrogens is 334 g/mol.